The van der Waals surface area contributed by atoms with Gasteiger partial charge in [-0.05, 0) is 46.3 Å². The maximum Gasteiger partial charge on any atom is 0.291 e. The van der Waals surface area contributed by atoms with Crippen molar-refractivity contribution >= 4 is 33.3 Å². The van der Waals surface area contributed by atoms with Gasteiger partial charge >= 0.3 is 0 Å². The van der Waals surface area contributed by atoms with E-state index in [2.05, 4.69) is 31.3 Å². The number of nitrogen functional groups attached to an aromatic ring is 1. The van der Waals surface area contributed by atoms with Gasteiger partial charge in [0.05, 0.1) is 4.47 Å². The molecule has 9 nitrogen and oxygen atoms in total. The van der Waals surface area contributed by atoms with Gasteiger partial charge < -0.3 is 16.2 Å². The van der Waals surface area contributed by atoms with Gasteiger partial charge in [0.25, 0.3) is 11.5 Å². The SMILES string of the molecule is CC(C)(C)Cn1c(O)c(C(=O)NC2CC2)c(=O)n2nc(-c3cccnc3N)c(Br)c12. The Bertz CT molecular complexity index is 1220. The molecule has 0 saturated heterocycles. The van der Waals surface area contributed by atoms with Crippen LogP contribution in [0, 0.1) is 5.41 Å². The summed E-state index contributed by atoms with van der Waals surface area (Å²) in [5.74, 6) is -0.724. The van der Waals surface area contributed by atoms with Crippen molar-refractivity contribution in [2.75, 3.05) is 5.73 Å². The number of nitrogens with zero attached hydrogens (tertiary/aromatic N) is 4. The van der Waals surface area contributed by atoms with E-state index >= 15 is 0 Å². The highest BCUT2D eigenvalue weighted by atomic mass is 79.9. The number of carbonyl (C=O) groups excluding carboxylic acids is 1. The molecule has 4 N–H and O–H groups in total. The molecule has 4 rings (SSSR count). The molecule has 10 heteroatoms. The first-order chi connectivity index (χ1) is 14.1. The lowest BCUT2D eigenvalue weighted by Crippen LogP contribution is -2.35. The van der Waals surface area contributed by atoms with Crippen LogP contribution < -0.4 is 16.6 Å². The van der Waals surface area contributed by atoms with Gasteiger partial charge in [0.15, 0.2) is 11.2 Å². The van der Waals surface area contributed by atoms with Gasteiger partial charge in [-0.2, -0.15) is 9.61 Å². The number of amides is 1. The van der Waals surface area contributed by atoms with Gasteiger partial charge in [0.1, 0.15) is 11.5 Å². The van der Waals surface area contributed by atoms with E-state index < -0.39 is 11.5 Å². The highest BCUT2D eigenvalue weighted by molar-refractivity contribution is 9.10. The summed E-state index contributed by atoms with van der Waals surface area (Å²) < 4.78 is 3.16. The van der Waals surface area contributed by atoms with Crippen LogP contribution in [0.3, 0.4) is 0 Å². The summed E-state index contributed by atoms with van der Waals surface area (Å²) in [5.41, 5.74) is 6.03. The molecule has 1 aliphatic rings. The molecular weight excluding hydrogens is 452 g/mol. The average Bonchev–Trinajstić information content (AvgIpc) is 3.39. The maximum absolute atomic E-state index is 13.2. The van der Waals surface area contributed by atoms with Crippen LogP contribution in [-0.4, -0.2) is 36.2 Å². The smallest absolute Gasteiger partial charge is 0.291 e. The molecule has 30 heavy (non-hydrogen) atoms. The van der Waals surface area contributed by atoms with E-state index in [1.807, 2.05) is 20.8 Å². The van der Waals surface area contributed by atoms with Gasteiger partial charge in [0.2, 0.25) is 5.88 Å². The van der Waals surface area contributed by atoms with Crippen LogP contribution in [0.2, 0.25) is 0 Å². The van der Waals surface area contributed by atoms with Crippen LogP contribution in [0.25, 0.3) is 16.9 Å². The first-order valence-electron chi connectivity index (χ1n) is 9.64. The predicted molar refractivity (Wildman–Crippen MR) is 116 cm³/mol. The molecule has 3 aromatic rings. The second kappa shape index (κ2) is 7.12. The third-order valence-electron chi connectivity index (χ3n) is 4.81. The lowest BCUT2D eigenvalue weighted by Gasteiger charge is -2.23. The normalized spacial score (nSPS) is 14.3. The summed E-state index contributed by atoms with van der Waals surface area (Å²) in [5, 5.41) is 18.2. The van der Waals surface area contributed by atoms with Gasteiger partial charge in [-0.3, -0.25) is 14.2 Å². The second-order valence-corrected chi connectivity index (χ2v) is 9.53. The summed E-state index contributed by atoms with van der Waals surface area (Å²) in [6.07, 6.45) is 3.29. The van der Waals surface area contributed by atoms with E-state index in [0.29, 0.717) is 27.9 Å². The summed E-state index contributed by atoms with van der Waals surface area (Å²) in [6.45, 7) is 6.33. The van der Waals surface area contributed by atoms with Crippen LogP contribution >= 0.6 is 15.9 Å². The third-order valence-corrected chi connectivity index (χ3v) is 5.54. The van der Waals surface area contributed by atoms with Gasteiger partial charge in [-0.25, -0.2) is 4.98 Å². The number of nitrogens with two attached hydrogens (primary N) is 1. The molecule has 0 radical (unpaired) electrons. The number of anilines is 1. The van der Waals surface area contributed by atoms with E-state index in [1.165, 1.54) is 4.57 Å². The lowest BCUT2D eigenvalue weighted by atomic mass is 9.96. The molecule has 0 aromatic carbocycles. The monoisotopic (exact) mass is 474 g/mol. The molecule has 0 spiro atoms. The molecular formula is C20H23BrN6O3. The average molecular weight is 475 g/mol. The van der Waals surface area contributed by atoms with Gasteiger partial charge in [-0.1, -0.05) is 20.8 Å². The maximum atomic E-state index is 13.2. The van der Waals surface area contributed by atoms with Crippen LogP contribution in [0.5, 0.6) is 5.88 Å². The number of fused-ring (bicyclic) bond motifs is 1. The molecule has 1 saturated carbocycles. The fourth-order valence-electron chi connectivity index (χ4n) is 3.30. The number of aromatic hydroxyl groups is 1. The number of nitrogens with one attached hydrogen (secondary N) is 1. The lowest BCUT2D eigenvalue weighted by molar-refractivity contribution is 0.0944. The second-order valence-electron chi connectivity index (χ2n) is 8.73. The van der Waals surface area contributed by atoms with Crippen LogP contribution in [0.15, 0.2) is 27.6 Å². The third kappa shape index (κ3) is 3.55. The van der Waals surface area contributed by atoms with E-state index in [1.54, 1.807) is 18.3 Å². The van der Waals surface area contributed by atoms with E-state index in [9.17, 15) is 14.7 Å². The largest absolute Gasteiger partial charge is 0.494 e. The number of hydrogen-bond acceptors (Lipinski definition) is 6. The Morgan fingerprint density at radius 3 is 2.70 bits per heavy atom. The Morgan fingerprint density at radius 1 is 1.40 bits per heavy atom. The van der Waals surface area contributed by atoms with E-state index in [-0.39, 0.29) is 28.7 Å². The zero-order chi connectivity index (χ0) is 21.8. The topological polar surface area (TPSA) is 128 Å². The van der Waals surface area contributed by atoms with Crippen molar-refractivity contribution in [3.05, 3.63) is 38.7 Å². The zero-order valence-electron chi connectivity index (χ0n) is 16.9. The molecule has 158 valence electrons. The Labute approximate surface area is 181 Å². The van der Waals surface area contributed by atoms with Crippen molar-refractivity contribution in [2.45, 2.75) is 46.2 Å². The first kappa shape index (κ1) is 20.4. The number of halogens is 1. The highest BCUT2D eigenvalue weighted by Gasteiger charge is 2.31. The fourth-order valence-corrected chi connectivity index (χ4v) is 3.97. The van der Waals surface area contributed by atoms with Gasteiger partial charge in [0, 0.05) is 24.3 Å². The van der Waals surface area contributed by atoms with Crippen molar-refractivity contribution in [2.24, 2.45) is 5.41 Å². The number of pyridine rings is 1. The van der Waals surface area contributed by atoms with Crippen LogP contribution in [0.4, 0.5) is 5.82 Å². The van der Waals surface area contributed by atoms with E-state index in [0.717, 1.165) is 17.4 Å². The summed E-state index contributed by atoms with van der Waals surface area (Å²) in [7, 11) is 0. The van der Waals surface area contributed by atoms with Crippen molar-refractivity contribution in [3.63, 3.8) is 0 Å². The van der Waals surface area contributed by atoms with E-state index in [4.69, 9.17) is 5.73 Å². The Kier molecular flexibility index (Phi) is 4.84. The number of aromatic nitrogens is 4. The zero-order valence-corrected chi connectivity index (χ0v) is 18.5. The number of carbonyl (C=O) groups is 1. The molecule has 3 aromatic heterocycles. The molecule has 1 aliphatic carbocycles. The summed E-state index contributed by atoms with van der Waals surface area (Å²) in [4.78, 5) is 30.0. The summed E-state index contributed by atoms with van der Waals surface area (Å²) in [6, 6.07) is 3.50. The van der Waals surface area contributed by atoms with Crippen molar-refractivity contribution in [1.29, 1.82) is 0 Å². The van der Waals surface area contributed by atoms with Crippen LogP contribution in [-0.2, 0) is 6.54 Å². The van der Waals surface area contributed by atoms with Crippen molar-refractivity contribution in [3.8, 4) is 17.1 Å². The highest BCUT2D eigenvalue weighted by Crippen LogP contribution is 2.35. The molecule has 1 fully saturated rings. The van der Waals surface area contributed by atoms with Gasteiger partial charge in [-0.15, -0.1) is 0 Å². The minimum absolute atomic E-state index is 0.0400. The number of rotatable bonds is 4. The Hall–Kier alpha value is -2.88. The van der Waals surface area contributed by atoms with Crippen LogP contribution in [0.1, 0.15) is 44.0 Å². The first-order valence-corrected chi connectivity index (χ1v) is 10.4. The minimum Gasteiger partial charge on any atom is -0.494 e. The molecule has 0 atom stereocenters. The molecule has 3 heterocycles. The summed E-state index contributed by atoms with van der Waals surface area (Å²) >= 11 is 3.52. The Morgan fingerprint density at radius 2 is 2.10 bits per heavy atom. The predicted octanol–water partition coefficient (Wildman–Crippen LogP) is 2.55. The fraction of sp³-hybridized carbons (Fsp3) is 0.400. The number of hydrogen-bond donors (Lipinski definition) is 3. The minimum atomic E-state index is -0.694. The van der Waals surface area contributed by atoms with Crippen molar-refractivity contribution in [1.82, 2.24) is 24.5 Å². The molecule has 0 aliphatic heterocycles. The van der Waals surface area contributed by atoms with Crippen molar-refractivity contribution < 1.29 is 9.90 Å². The standard InChI is InChI=1S/C20H23BrN6O3/c1-20(2,3)9-26-17-13(21)14(11-5-4-8-23-15(11)22)25-27(17)19(30)12(18(26)29)16(28)24-10-6-7-10/h4-5,8,10,29H,6-7,9H2,1-3H3,(H2,22,23)(H,24,28). The quantitative estimate of drug-likeness (QED) is 0.532. The Balaban J connectivity index is 2.03. The molecule has 0 unspecified atom stereocenters. The molecule has 1 amide bonds. The molecule has 0 bridgehead atoms.